The average Bonchev–Trinajstić information content (AvgIpc) is 1.95. The molecule has 1 N–H and O–H groups in total. The highest BCUT2D eigenvalue weighted by molar-refractivity contribution is 5.37. The summed E-state index contributed by atoms with van der Waals surface area (Å²) in [6, 6.07) is 3.06. The fourth-order valence-corrected chi connectivity index (χ4v) is 1.46. The molecule has 0 atom stereocenters. The molecule has 1 rings (SSSR count). The quantitative estimate of drug-likeness (QED) is 0.729. The number of hydrogen-bond donors (Lipinski definition) is 1. The Hall–Kier alpha value is -1.05. The molecule has 0 radical (unpaired) electrons. The number of hydrogen-bond acceptors (Lipinski definition) is 1. The minimum atomic E-state index is -0.308. The largest absolute Gasteiger partial charge is 0.508 e. The van der Waals surface area contributed by atoms with E-state index in [4.69, 9.17) is 0 Å². The van der Waals surface area contributed by atoms with Gasteiger partial charge in [0.05, 0.1) is 0 Å². The van der Waals surface area contributed by atoms with Gasteiger partial charge in [-0.2, -0.15) is 0 Å². The van der Waals surface area contributed by atoms with Gasteiger partial charge in [0.1, 0.15) is 11.6 Å². The average molecular weight is 196 g/mol. The van der Waals surface area contributed by atoms with Crippen LogP contribution in [0.5, 0.6) is 5.75 Å². The van der Waals surface area contributed by atoms with Crippen LogP contribution in [0.3, 0.4) is 0 Å². The van der Waals surface area contributed by atoms with Crippen molar-refractivity contribution >= 4 is 0 Å². The minimum Gasteiger partial charge on any atom is -0.508 e. The van der Waals surface area contributed by atoms with Crippen LogP contribution in [-0.2, 0) is 6.42 Å². The van der Waals surface area contributed by atoms with Gasteiger partial charge < -0.3 is 5.11 Å². The van der Waals surface area contributed by atoms with E-state index >= 15 is 0 Å². The molecule has 0 heterocycles. The maximum absolute atomic E-state index is 13.5. The van der Waals surface area contributed by atoms with E-state index in [2.05, 4.69) is 0 Å². The standard InChI is InChI=1S/C12H17FO/c1-8-5-10(13)9(11(14)6-8)7-12(2,3)4/h5-6,14H,7H2,1-4H3. The third-order valence-electron chi connectivity index (χ3n) is 2.02. The van der Waals surface area contributed by atoms with E-state index in [1.54, 1.807) is 13.0 Å². The van der Waals surface area contributed by atoms with Crippen LogP contribution in [0.4, 0.5) is 4.39 Å². The fourth-order valence-electron chi connectivity index (χ4n) is 1.46. The van der Waals surface area contributed by atoms with Gasteiger partial charge in [0.2, 0.25) is 0 Å². The summed E-state index contributed by atoms with van der Waals surface area (Å²) in [4.78, 5) is 0. The van der Waals surface area contributed by atoms with Crippen molar-refractivity contribution in [3.63, 3.8) is 0 Å². The number of rotatable bonds is 1. The highest BCUT2D eigenvalue weighted by atomic mass is 19.1. The van der Waals surface area contributed by atoms with E-state index in [1.165, 1.54) is 6.07 Å². The summed E-state index contributed by atoms with van der Waals surface area (Å²) < 4.78 is 13.5. The molecule has 1 aromatic carbocycles. The summed E-state index contributed by atoms with van der Waals surface area (Å²) >= 11 is 0. The van der Waals surface area contributed by atoms with Gasteiger partial charge in [-0.25, -0.2) is 4.39 Å². The van der Waals surface area contributed by atoms with Gasteiger partial charge in [-0.1, -0.05) is 20.8 Å². The Morgan fingerprint density at radius 1 is 1.29 bits per heavy atom. The molecule has 0 spiro atoms. The Bertz CT molecular complexity index is 314. The van der Waals surface area contributed by atoms with E-state index in [0.29, 0.717) is 12.0 Å². The fraction of sp³-hybridized carbons (Fsp3) is 0.500. The lowest BCUT2D eigenvalue weighted by molar-refractivity contribution is 0.383. The molecule has 2 heteroatoms. The van der Waals surface area contributed by atoms with Crippen LogP contribution in [-0.4, -0.2) is 5.11 Å². The van der Waals surface area contributed by atoms with Gasteiger partial charge >= 0.3 is 0 Å². The first-order valence-electron chi connectivity index (χ1n) is 4.77. The molecular formula is C12H17FO. The zero-order chi connectivity index (χ0) is 10.9. The van der Waals surface area contributed by atoms with Crippen LogP contribution >= 0.6 is 0 Å². The highest BCUT2D eigenvalue weighted by Gasteiger charge is 2.17. The third kappa shape index (κ3) is 2.72. The zero-order valence-corrected chi connectivity index (χ0v) is 9.19. The molecule has 0 aliphatic rings. The number of aryl methyl sites for hydroxylation is 1. The SMILES string of the molecule is Cc1cc(O)c(CC(C)(C)C)c(F)c1. The Balaban J connectivity index is 3.09. The van der Waals surface area contributed by atoms with Crippen molar-refractivity contribution in [2.24, 2.45) is 5.41 Å². The van der Waals surface area contributed by atoms with Gasteiger partial charge in [-0.05, 0) is 36.5 Å². The maximum atomic E-state index is 13.5. The van der Waals surface area contributed by atoms with E-state index < -0.39 is 0 Å². The predicted octanol–water partition coefficient (Wildman–Crippen LogP) is 3.43. The van der Waals surface area contributed by atoms with Crippen LogP contribution in [0.25, 0.3) is 0 Å². The second kappa shape index (κ2) is 3.60. The number of phenols is 1. The van der Waals surface area contributed by atoms with E-state index in [1.807, 2.05) is 20.8 Å². The Kier molecular flexibility index (Phi) is 2.84. The maximum Gasteiger partial charge on any atom is 0.130 e. The molecular weight excluding hydrogens is 179 g/mol. The summed E-state index contributed by atoms with van der Waals surface area (Å²) in [7, 11) is 0. The number of phenolic OH excluding ortho intramolecular Hbond substituents is 1. The predicted molar refractivity (Wildman–Crippen MR) is 56.0 cm³/mol. The summed E-state index contributed by atoms with van der Waals surface area (Å²) in [5.41, 5.74) is 1.15. The molecule has 0 aromatic heterocycles. The molecule has 0 aliphatic carbocycles. The molecule has 0 unspecified atom stereocenters. The van der Waals surface area contributed by atoms with Crippen molar-refractivity contribution in [3.8, 4) is 5.75 Å². The molecule has 1 nitrogen and oxygen atoms in total. The van der Waals surface area contributed by atoms with Crippen molar-refractivity contribution in [3.05, 3.63) is 29.1 Å². The first-order chi connectivity index (χ1) is 6.29. The lowest BCUT2D eigenvalue weighted by atomic mass is 9.87. The molecule has 14 heavy (non-hydrogen) atoms. The smallest absolute Gasteiger partial charge is 0.130 e. The van der Waals surface area contributed by atoms with Crippen molar-refractivity contribution in [2.45, 2.75) is 34.1 Å². The lowest BCUT2D eigenvalue weighted by Crippen LogP contribution is -2.10. The zero-order valence-electron chi connectivity index (χ0n) is 9.19. The number of aromatic hydroxyl groups is 1. The van der Waals surface area contributed by atoms with Crippen LogP contribution in [0.1, 0.15) is 31.9 Å². The molecule has 1 aromatic rings. The highest BCUT2D eigenvalue weighted by Crippen LogP contribution is 2.29. The van der Waals surface area contributed by atoms with Crippen molar-refractivity contribution < 1.29 is 9.50 Å². The number of benzene rings is 1. The van der Waals surface area contributed by atoms with Crippen LogP contribution in [0, 0.1) is 18.2 Å². The Labute approximate surface area is 84.6 Å². The van der Waals surface area contributed by atoms with Crippen LogP contribution in [0.15, 0.2) is 12.1 Å². The van der Waals surface area contributed by atoms with E-state index in [0.717, 1.165) is 5.56 Å². The van der Waals surface area contributed by atoms with Crippen molar-refractivity contribution in [1.82, 2.24) is 0 Å². The first kappa shape index (κ1) is 11.0. The molecule has 0 fully saturated rings. The molecule has 0 aliphatic heterocycles. The van der Waals surface area contributed by atoms with Crippen LogP contribution < -0.4 is 0 Å². The summed E-state index contributed by atoms with van der Waals surface area (Å²) in [5.74, 6) is -0.241. The normalized spacial score (nSPS) is 11.8. The monoisotopic (exact) mass is 196 g/mol. The first-order valence-corrected chi connectivity index (χ1v) is 4.77. The summed E-state index contributed by atoms with van der Waals surface area (Å²) in [6.07, 6.45) is 0.547. The van der Waals surface area contributed by atoms with E-state index in [-0.39, 0.29) is 17.0 Å². The lowest BCUT2D eigenvalue weighted by Gasteiger charge is -2.19. The molecule has 0 bridgehead atoms. The van der Waals surface area contributed by atoms with Gasteiger partial charge in [0, 0.05) is 5.56 Å². The Morgan fingerprint density at radius 2 is 1.86 bits per heavy atom. The van der Waals surface area contributed by atoms with Gasteiger partial charge in [0.15, 0.2) is 0 Å². The Morgan fingerprint density at radius 3 is 2.29 bits per heavy atom. The van der Waals surface area contributed by atoms with E-state index in [9.17, 15) is 9.50 Å². The van der Waals surface area contributed by atoms with Gasteiger partial charge in [-0.3, -0.25) is 0 Å². The minimum absolute atomic E-state index is 0.0203. The van der Waals surface area contributed by atoms with Crippen molar-refractivity contribution in [1.29, 1.82) is 0 Å². The molecule has 0 saturated carbocycles. The summed E-state index contributed by atoms with van der Waals surface area (Å²) in [6.45, 7) is 7.83. The van der Waals surface area contributed by atoms with Crippen LogP contribution in [0.2, 0.25) is 0 Å². The third-order valence-corrected chi connectivity index (χ3v) is 2.02. The van der Waals surface area contributed by atoms with Gasteiger partial charge in [-0.15, -0.1) is 0 Å². The molecule has 0 amide bonds. The molecule has 78 valence electrons. The second-order valence-corrected chi connectivity index (χ2v) is 4.98. The topological polar surface area (TPSA) is 20.2 Å². The van der Waals surface area contributed by atoms with Gasteiger partial charge in [0.25, 0.3) is 0 Å². The summed E-state index contributed by atoms with van der Waals surface area (Å²) in [5, 5.41) is 9.60. The second-order valence-electron chi connectivity index (χ2n) is 4.98. The molecule has 0 saturated heterocycles. The number of halogens is 1. The van der Waals surface area contributed by atoms with Crippen molar-refractivity contribution in [2.75, 3.05) is 0 Å².